The number of ether oxygens (including phenoxy) is 2. The Balaban J connectivity index is 1.90. The predicted octanol–water partition coefficient (Wildman–Crippen LogP) is 2.63. The molecule has 0 aliphatic rings. The zero-order valence-electron chi connectivity index (χ0n) is 13.7. The first-order chi connectivity index (χ1) is 12.0. The van der Waals surface area contributed by atoms with Crippen molar-refractivity contribution in [1.82, 2.24) is 5.43 Å². The van der Waals surface area contributed by atoms with Gasteiger partial charge in [0, 0.05) is 5.56 Å². The van der Waals surface area contributed by atoms with Gasteiger partial charge >= 0.3 is 0 Å². The summed E-state index contributed by atoms with van der Waals surface area (Å²) < 4.78 is 23.8. The number of rotatable bonds is 6. The summed E-state index contributed by atoms with van der Waals surface area (Å²) in [5.41, 5.74) is 3.80. The van der Waals surface area contributed by atoms with E-state index in [0.29, 0.717) is 22.6 Å². The molecule has 0 atom stereocenters. The lowest BCUT2D eigenvalue weighted by Gasteiger charge is -2.07. The topological polar surface area (TPSA) is 83.7 Å². The molecule has 2 rings (SSSR count). The van der Waals surface area contributed by atoms with E-state index in [2.05, 4.69) is 10.5 Å². The number of hydrazone groups is 1. The Labute approximate surface area is 144 Å². The summed E-state index contributed by atoms with van der Waals surface area (Å²) >= 11 is 0. The first-order valence-corrected chi connectivity index (χ1v) is 7.33. The molecule has 0 saturated carbocycles. The van der Waals surface area contributed by atoms with Crippen molar-refractivity contribution in [2.75, 3.05) is 13.7 Å². The Hall–Kier alpha value is -3.40. The van der Waals surface area contributed by atoms with Crippen LogP contribution in [0.3, 0.4) is 0 Å². The third-order valence-corrected chi connectivity index (χ3v) is 3.27. The number of carbonyl (C=O) groups excluding carboxylic acids is 1. The summed E-state index contributed by atoms with van der Waals surface area (Å²) in [5.74, 6) is -0.369. The summed E-state index contributed by atoms with van der Waals surface area (Å²) in [6.45, 7) is 1.41. The van der Waals surface area contributed by atoms with Crippen molar-refractivity contribution in [3.8, 4) is 17.6 Å². The van der Waals surface area contributed by atoms with Crippen molar-refractivity contribution in [3.63, 3.8) is 0 Å². The summed E-state index contributed by atoms with van der Waals surface area (Å²) in [5, 5.41) is 12.6. The van der Waals surface area contributed by atoms with E-state index in [9.17, 15) is 9.18 Å². The second kappa shape index (κ2) is 8.45. The van der Waals surface area contributed by atoms with Crippen molar-refractivity contribution in [2.24, 2.45) is 5.10 Å². The molecule has 0 heterocycles. The van der Waals surface area contributed by atoms with Crippen LogP contribution >= 0.6 is 0 Å². The maximum atomic E-state index is 13.7. The third kappa shape index (κ3) is 5.04. The summed E-state index contributed by atoms with van der Waals surface area (Å²) in [6, 6.07) is 12.8. The highest BCUT2D eigenvalue weighted by Crippen LogP contribution is 2.18. The van der Waals surface area contributed by atoms with E-state index < -0.39 is 11.7 Å². The Morgan fingerprint density at radius 2 is 2.00 bits per heavy atom. The van der Waals surface area contributed by atoms with Gasteiger partial charge in [-0.1, -0.05) is 0 Å². The van der Waals surface area contributed by atoms with Crippen LogP contribution < -0.4 is 14.9 Å². The van der Waals surface area contributed by atoms with E-state index in [0.717, 1.165) is 0 Å². The molecule has 0 bridgehead atoms. The van der Waals surface area contributed by atoms with E-state index >= 15 is 0 Å². The molecule has 0 aliphatic heterocycles. The number of carbonyl (C=O) groups is 1. The molecule has 6 nitrogen and oxygen atoms in total. The summed E-state index contributed by atoms with van der Waals surface area (Å²) in [6.07, 6.45) is 0. The van der Waals surface area contributed by atoms with Crippen LogP contribution in [0.25, 0.3) is 0 Å². The molecular weight excluding hydrogens is 325 g/mol. The molecular formula is C18H16FN3O3. The van der Waals surface area contributed by atoms with Crippen LogP contribution in [0.2, 0.25) is 0 Å². The number of hydrogen-bond acceptors (Lipinski definition) is 5. The van der Waals surface area contributed by atoms with Gasteiger partial charge in [-0.25, -0.2) is 9.82 Å². The third-order valence-electron chi connectivity index (χ3n) is 3.27. The highest BCUT2D eigenvalue weighted by molar-refractivity contribution is 5.99. The fraction of sp³-hybridized carbons (Fsp3) is 0.167. The Morgan fingerprint density at radius 3 is 2.60 bits per heavy atom. The number of hydrogen-bond donors (Lipinski definition) is 1. The van der Waals surface area contributed by atoms with Gasteiger partial charge in [0.15, 0.2) is 18.2 Å². The number of benzene rings is 2. The van der Waals surface area contributed by atoms with Crippen molar-refractivity contribution < 1.29 is 18.7 Å². The number of nitrogens with one attached hydrogen (secondary N) is 1. The predicted molar refractivity (Wildman–Crippen MR) is 90.0 cm³/mol. The van der Waals surface area contributed by atoms with Gasteiger partial charge < -0.3 is 9.47 Å². The summed E-state index contributed by atoms with van der Waals surface area (Å²) in [7, 11) is 1.38. The number of halogens is 1. The number of nitriles is 1. The molecule has 25 heavy (non-hydrogen) atoms. The molecule has 2 aromatic rings. The molecule has 0 aromatic heterocycles. The highest BCUT2D eigenvalue weighted by atomic mass is 19.1. The molecule has 0 unspecified atom stereocenters. The summed E-state index contributed by atoms with van der Waals surface area (Å²) in [4.78, 5) is 11.8. The maximum absolute atomic E-state index is 13.7. The first-order valence-electron chi connectivity index (χ1n) is 7.33. The largest absolute Gasteiger partial charge is 0.494 e. The Morgan fingerprint density at radius 1 is 1.28 bits per heavy atom. The normalized spacial score (nSPS) is 10.7. The van der Waals surface area contributed by atoms with E-state index in [1.54, 1.807) is 37.3 Å². The smallest absolute Gasteiger partial charge is 0.277 e. The SMILES string of the molecule is COc1ccc(/C(C)=N\NC(=O)COc2ccc(C#N)cc2)cc1F. The average Bonchev–Trinajstić information content (AvgIpc) is 2.64. The molecule has 1 N–H and O–H groups in total. The van der Waals surface area contributed by atoms with E-state index in [1.807, 2.05) is 6.07 Å². The van der Waals surface area contributed by atoms with Gasteiger partial charge in [-0.15, -0.1) is 0 Å². The minimum absolute atomic E-state index is 0.136. The first kappa shape index (κ1) is 17.9. The average molecular weight is 341 g/mol. The van der Waals surface area contributed by atoms with Crippen LogP contribution in [-0.2, 0) is 4.79 Å². The highest BCUT2D eigenvalue weighted by Gasteiger charge is 2.07. The monoisotopic (exact) mass is 341 g/mol. The van der Waals surface area contributed by atoms with E-state index in [4.69, 9.17) is 14.7 Å². The van der Waals surface area contributed by atoms with Crippen molar-refractivity contribution in [1.29, 1.82) is 5.26 Å². The fourth-order valence-electron chi connectivity index (χ4n) is 1.91. The molecule has 2 aromatic carbocycles. The van der Waals surface area contributed by atoms with Crippen molar-refractivity contribution in [3.05, 3.63) is 59.4 Å². The molecule has 0 fully saturated rings. The van der Waals surface area contributed by atoms with Crippen LogP contribution in [0, 0.1) is 17.1 Å². The molecule has 0 spiro atoms. The van der Waals surface area contributed by atoms with Crippen molar-refractivity contribution >= 4 is 11.6 Å². The van der Waals surface area contributed by atoms with E-state index in [-0.39, 0.29) is 12.4 Å². The van der Waals surface area contributed by atoms with Gasteiger partial charge in [-0.05, 0) is 49.4 Å². The molecule has 1 amide bonds. The van der Waals surface area contributed by atoms with Gasteiger partial charge in [-0.3, -0.25) is 4.79 Å². The zero-order valence-corrected chi connectivity index (χ0v) is 13.7. The van der Waals surface area contributed by atoms with Gasteiger partial charge in [0.25, 0.3) is 5.91 Å². The van der Waals surface area contributed by atoms with Gasteiger partial charge in [0.05, 0.1) is 24.5 Å². The molecule has 7 heteroatoms. The molecule has 128 valence electrons. The van der Waals surface area contributed by atoms with Gasteiger partial charge in [0.2, 0.25) is 0 Å². The second-order valence-electron chi connectivity index (χ2n) is 5.01. The lowest BCUT2D eigenvalue weighted by Crippen LogP contribution is -2.25. The maximum Gasteiger partial charge on any atom is 0.277 e. The number of methoxy groups -OCH3 is 1. The fourth-order valence-corrected chi connectivity index (χ4v) is 1.91. The lowest BCUT2D eigenvalue weighted by atomic mass is 10.1. The number of nitrogens with zero attached hydrogens (tertiary/aromatic N) is 2. The van der Waals surface area contributed by atoms with Crippen LogP contribution in [0.1, 0.15) is 18.1 Å². The standard InChI is InChI=1S/C18H16FN3O3/c1-12(14-5-8-17(24-2)16(19)9-14)21-22-18(23)11-25-15-6-3-13(10-20)4-7-15/h3-9H,11H2,1-2H3,(H,22,23)/b21-12-. The Kier molecular flexibility index (Phi) is 6.07. The quantitative estimate of drug-likeness (QED) is 0.647. The van der Waals surface area contributed by atoms with Crippen LogP contribution in [0.15, 0.2) is 47.6 Å². The van der Waals surface area contributed by atoms with Crippen LogP contribution in [0.5, 0.6) is 11.5 Å². The molecule has 0 radical (unpaired) electrons. The minimum atomic E-state index is -0.509. The lowest BCUT2D eigenvalue weighted by molar-refractivity contribution is -0.123. The minimum Gasteiger partial charge on any atom is -0.494 e. The number of amides is 1. The van der Waals surface area contributed by atoms with Crippen LogP contribution in [0.4, 0.5) is 4.39 Å². The van der Waals surface area contributed by atoms with Crippen molar-refractivity contribution in [2.45, 2.75) is 6.92 Å². The van der Waals surface area contributed by atoms with Gasteiger partial charge in [0.1, 0.15) is 5.75 Å². The molecule has 0 saturated heterocycles. The zero-order chi connectivity index (χ0) is 18.2. The second-order valence-corrected chi connectivity index (χ2v) is 5.01. The van der Waals surface area contributed by atoms with E-state index in [1.165, 1.54) is 19.2 Å². The van der Waals surface area contributed by atoms with Gasteiger partial charge in [-0.2, -0.15) is 10.4 Å². The molecule has 0 aliphatic carbocycles. The van der Waals surface area contributed by atoms with Crippen LogP contribution in [-0.4, -0.2) is 25.3 Å². The Bertz CT molecular complexity index is 826.